The fourth-order valence-corrected chi connectivity index (χ4v) is 2.37. The molecule has 0 bridgehead atoms. The summed E-state index contributed by atoms with van der Waals surface area (Å²) >= 11 is 0. The van der Waals surface area contributed by atoms with Crippen molar-refractivity contribution >= 4 is 35.6 Å². The van der Waals surface area contributed by atoms with Gasteiger partial charge in [-0.1, -0.05) is 26.8 Å². The summed E-state index contributed by atoms with van der Waals surface area (Å²) in [4.78, 5) is 13.1. The SMILES string of the molecule is CN=C(NCc1cn2ccccc2n1)NCc1ncc(C(C)(C)C)o1.I. The van der Waals surface area contributed by atoms with Gasteiger partial charge in [-0.2, -0.15) is 0 Å². The minimum Gasteiger partial charge on any atom is -0.443 e. The van der Waals surface area contributed by atoms with E-state index in [1.165, 1.54) is 0 Å². The molecule has 0 aliphatic heterocycles. The van der Waals surface area contributed by atoms with E-state index in [0.29, 0.717) is 24.9 Å². The van der Waals surface area contributed by atoms with E-state index in [4.69, 9.17) is 4.42 Å². The number of hydrogen-bond donors (Lipinski definition) is 2. The molecule has 0 aliphatic carbocycles. The standard InChI is InChI=1S/C18H24N6O.HI/c1-18(2,3)14-10-20-16(25-14)11-22-17(19-4)21-9-13-12-24-8-6-5-7-15(24)23-13;/h5-8,10,12H,9,11H2,1-4H3,(H2,19,21,22);1H. The van der Waals surface area contributed by atoms with Crippen LogP contribution >= 0.6 is 24.0 Å². The summed E-state index contributed by atoms with van der Waals surface area (Å²) in [6.07, 6.45) is 5.76. The number of rotatable bonds is 4. The Morgan fingerprint density at radius 3 is 2.65 bits per heavy atom. The molecule has 0 fully saturated rings. The first-order valence-corrected chi connectivity index (χ1v) is 8.28. The molecule has 0 unspecified atom stereocenters. The maximum Gasteiger partial charge on any atom is 0.213 e. The van der Waals surface area contributed by atoms with Gasteiger partial charge < -0.3 is 19.5 Å². The van der Waals surface area contributed by atoms with E-state index in [2.05, 4.69) is 46.4 Å². The van der Waals surface area contributed by atoms with Gasteiger partial charge in [-0.3, -0.25) is 4.99 Å². The number of hydrogen-bond acceptors (Lipinski definition) is 4. The van der Waals surface area contributed by atoms with Crippen LogP contribution in [0.15, 0.2) is 46.2 Å². The third-order valence-electron chi connectivity index (χ3n) is 3.77. The average molecular weight is 468 g/mol. The van der Waals surface area contributed by atoms with Gasteiger partial charge in [0.05, 0.1) is 25.0 Å². The Labute approximate surface area is 170 Å². The van der Waals surface area contributed by atoms with Gasteiger partial charge in [0.2, 0.25) is 5.89 Å². The molecular formula is C18H25IN6O. The molecule has 0 radical (unpaired) electrons. The summed E-state index contributed by atoms with van der Waals surface area (Å²) in [5.41, 5.74) is 1.82. The normalized spacial score (nSPS) is 12.1. The first kappa shape index (κ1) is 20.2. The molecule has 7 nitrogen and oxygen atoms in total. The maximum absolute atomic E-state index is 5.77. The molecule has 0 aliphatic rings. The number of guanidine groups is 1. The first-order valence-electron chi connectivity index (χ1n) is 8.28. The molecule has 0 amide bonds. The Kier molecular flexibility index (Phi) is 6.63. The van der Waals surface area contributed by atoms with E-state index >= 15 is 0 Å². The highest BCUT2D eigenvalue weighted by atomic mass is 127. The lowest BCUT2D eigenvalue weighted by atomic mass is 9.94. The van der Waals surface area contributed by atoms with Crippen LogP contribution in [0.4, 0.5) is 0 Å². The molecular weight excluding hydrogens is 443 g/mol. The Hall–Kier alpha value is -2.10. The van der Waals surface area contributed by atoms with Crippen molar-refractivity contribution in [1.82, 2.24) is 25.0 Å². The van der Waals surface area contributed by atoms with Crippen molar-refractivity contribution < 1.29 is 4.42 Å². The molecule has 26 heavy (non-hydrogen) atoms. The van der Waals surface area contributed by atoms with Gasteiger partial charge in [0.15, 0.2) is 5.96 Å². The van der Waals surface area contributed by atoms with Crippen molar-refractivity contribution in [2.45, 2.75) is 39.3 Å². The zero-order valence-corrected chi connectivity index (χ0v) is 17.8. The highest BCUT2D eigenvalue weighted by molar-refractivity contribution is 14.0. The second-order valence-electron chi connectivity index (χ2n) is 6.85. The van der Waals surface area contributed by atoms with Crippen LogP contribution in [0.2, 0.25) is 0 Å². The van der Waals surface area contributed by atoms with Gasteiger partial charge in [0, 0.05) is 24.9 Å². The molecule has 3 rings (SSSR count). The van der Waals surface area contributed by atoms with Crippen molar-refractivity contribution in [2.75, 3.05) is 7.05 Å². The van der Waals surface area contributed by atoms with Gasteiger partial charge >= 0.3 is 0 Å². The molecule has 2 N–H and O–H groups in total. The number of nitrogens with zero attached hydrogens (tertiary/aromatic N) is 4. The number of aromatic nitrogens is 3. The van der Waals surface area contributed by atoms with Gasteiger partial charge in [0.1, 0.15) is 11.4 Å². The number of fused-ring (bicyclic) bond motifs is 1. The lowest BCUT2D eigenvalue weighted by Gasteiger charge is -2.13. The molecule has 140 valence electrons. The number of imidazole rings is 1. The molecule has 0 atom stereocenters. The molecule has 8 heteroatoms. The lowest BCUT2D eigenvalue weighted by molar-refractivity contribution is 0.379. The minimum atomic E-state index is -0.0473. The van der Waals surface area contributed by atoms with Crippen molar-refractivity contribution in [1.29, 1.82) is 0 Å². The second kappa shape index (κ2) is 8.52. The topological polar surface area (TPSA) is 79.8 Å². The fourth-order valence-electron chi connectivity index (χ4n) is 2.37. The van der Waals surface area contributed by atoms with Gasteiger partial charge in [0.25, 0.3) is 0 Å². The van der Waals surface area contributed by atoms with Crippen LogP contribution < -0.4 is 10.6 Å². The fraction of sp³-hybridized carbons (Fsp3) is 0.389. The summed E-state index contributed by atoms with van der Waals surface area (Å²) in [6, 6.07) is 5.93. The highest BCUT2D eigenvalue weighted by Crippen LogP contribution is 2.22. The van der Waals surface area contributed by atoms with E-state index in [1.807, 2.05) is 35.0 Å². The summed E-state index contributed by atoms with van der Waals surface area (Å²) in [6.45, 7) is 7.35. The third kappa shape index (κ3) is 4.96. The summed E-state index contributed by atoms with van der Waals surface area (Å²) in [7, 11) is 1.73. The quantitative estimate of drug-likeness (QED) is 0.350. The van der Waals surface area contributed by atoms with Crippen molar-refractivity contribution in [3.05, 3.63) is 54.1 Å². The van der Waals surface area contributed by atoms with Crippen LogP contribution in [-0.4, -0.2) is 27.4 Å². The second-order valence-corrected chi connectivity index (χ2v) is 6.85. The Balaban J connectivity index is 0.00000243. The highest BCUT2D eigenvalue weighted by Gasteiger charge is 2.19. The predicted octanol–water partition coefficient (Wildman–Crippen LogP) is 3.10. The summed E-state index contributed by atoms with van der Waals surface area (Å²) < 4.78 is 7.77. The van der Waals surface area contributed by atoms with Crippen LogP contribution in [0.1, 0.15) is 38.1 Å². The van der Waals surface area contributed by atoms with Gasteiger partial charge in [-0.15, -0.1) is 24.0 Å². The lowest BCUT2D eigenvalue weighted by Crippen LogP contribution is -2.36. The van der Waals surface area contributed by atoms with E-state index in [9.17, 15) is 0 Å². The number of halogens is 1. The van der Waals surface area contributed by atoms with Crippen LogP contribution in [0.5, 0.6) is 0 Å². The Morgan fingerprint density at radius 2 is 2.00 bits per heavy atom. The van der Waals surface area contributed by atoms with E-state index in [0.717, 1.165) is 17.1 Å². The van der Waals surface area contributed by atoms with Crippen LogP contribution in [0, 0.1) is 0 Å². The number of nitrogens with one attached hydrogen (secondary N) is 2. The van der Waals surface area contributed by atoms with Crippen molar-refractivity contribution in [2.24, 2.45) is 4.99 Å². The number of oxazole rings is 1. The van der Waals surface area contributed by atoms with Crippen LogP contribution in [0.3, 0.4) is 0 Å². The van der Waals surface area contributed by atoms with Crippen molar-refractivity contribution in [3.8, 4) is 0 Å². The third-order valence-corrected chi connectivity index (χ3v) is 3.77. The molecule has 0 aromatic carbocycles. The Bertz CT molecular complexity index is 844. The van der Waals surface area contributed by atoms with E-state index in [-0.39, 0.29) is 29.4 Å². The van der Waals surface area contributed by atoms with Crippen LogP contribution in [0.25, 0.3) is 5.65 Å². The zero-order chi connectivity index (χ0) is 17.9. The molecule has 3 aromatic heterocycles. The van der Waals surface area contributed by atoms with E-state index in [1.54, 1.807) is 13.2 Å². The monoisotopic (exact) mass is 468 g/mol. The van der Waals surface area contributed by atoms with Gasteiger partial charge in [-0.25, -0.2) is 9.97 Å². The first-order chi connectivity index (χ1) is 12.0. The van der Waals surface area contributed by atoms with Gasteiger partial charge in [-0.05, 0) is 12.1 Å². The van der Waals surface area contributed by atoms with Crippen LogP contribution in [-0.2, 0) is 18.5 Å². The molecule has 3 heterocycles. The predicted molar refractivity (Wildman–Crippen MR) is 113 cm³/mol. The Morgan fingerprint density at radius 1 is 1.23 bits per heavy atom. The average Bonchev–Trinajstić information content (AvgIpc) is 3.21. The molecule has 0 saturated carbocycles. The number of pyridine rings is 1. The number of aliphatic imine (C=N–C) groups is 1. The smallest absolute Gasteiger partial charge is 0.213 e. The molecule has 0 saturated heterocycles. The van der Waals surface area contributed by atoms with Crippen molar-refractivity contribution in [3.63, 3.8) is 0 Å². The molecule has 0 spiro atoms. The minimum absolute atomic E-state index is 0. The summed E-state index contributed by atoms with van der Waals surface area (Å²) in [5.74, 6) is 2.19. The van der Waals surface area contributed by atoms with E-state index < -0.39 is 0 Å². The summed E-state index contributed by atoms with van der Waals surface area (Å²) in [5, 5.41) is 6.45. The molecule has 3 aromatic rings. The largest absolute Gasteiger partial charge is 0.443 e. The zero-order valence-electron chi connectivity index (χ0n) is 15.5. The maximum atomic E-state index is 5.77.